The summed E-state index contributed by atoms with van der Waals surface area (Å²) in [6, 6.07) is 6.60. The molecule has 1 aliphatic heterocycles. The largest absolute Gasteiger partial charge is 0.378 e. The van der Waals surface area contributed by atoms with Crippen LogP contribution in [-0.4, -0.2) is 52.0 Å². The number of ether oxygens (including phenoxy) is 1. The van der Waals surface area contributed by atoms with Crippen molar-refractivity contribution >= 4 is 11.6 Å². The molecule has 1 amide bonds. The standard InChI is InChI=1S/C26H36N4O2/c1-17-14-32-15-18(2)29(17)12-22-13-30-23(4-3-5-24(30)28-22)25(31)27-16-26-9-19-6-20(10-26)8-21(7-19)11-26/h3-5,13,17-21H,6-12,14-16H2,1-2H3,(H,27,31)/t17-,18+,19?,20?,21?,26?. The third kappa shape index (κ3) is 3.65. The van der Waals surface area contributed by atoms with Crippen LogP contribution in [0.15, 0.2) is 24.4 Å². The second-order valence-electron chi connectivity index (χ2n) is 11.4. The van der Waals surface area contributed by atoms with Gasteiger partial charge in [-0.25, -0.2) is 4.98 Å². The minimum atomic E-state index is 0.0309. The number of carbonyl (C=O) groups is 1. The number of rotatable bonds is 5. The third-order valence-electron chi connectivity index (χ3n) is 8.76. The minimum Gasteiger partial charge on any atom is -0.378 e. The molecule has 2 aromatic rings. The first-order valence-corrected chi connectivity index (χ1v) is 12.6. The van der Waals surface area contributed by atoms with Crippen molar-refractivity contribution in [2.24, 2.45) is 23.2 Å². The number of hydrogen-bond donors (Lipinski definition) is 1. The van der Waals surface area contributed by atoms with Crippen LogP contribution < -0.4 is 5.32 Å². The van der Waals surface area contributed by atoms with E-state index in [0.717, 1.165) is 55.4 Å². The molecule has 4 aliphatic carbocycles. The van der Waals surface area contributed by atoms with Crippen LogP contribution in [0.25, 0.3) is 5.65 Å². The predicted molar refractivity (Wildman–Crippen MR) is 123 cm³/mol. The van der Waals surface area contributed by atoms with Crippen LogP contribution in [0, 0.1) is 23.2 Å². The van der Waals surface area contributed by atoms with E-state index < -0.39 is 0 Å². The molecular formula is C26H36N4O2. The van der Waals surface area contributed by atoms with Gasteiger partial charge in [-0.1, -0.05) is 6.07 Å². The molecule has 0 aromatic carbocycles. The van der Waals surface area contributed by atoms with Crippen LogP contribution in [-0.2, 0) is 11.3 Å². The molecular weight excluding hydrogens is 400 g/mol. The van der Waals surface area contributed by atoms with Gasteiger partial charge >= 0.3 is 0 Å². The maximum atomic E-state index is 13.3. The predicted octanol–water partition coefficient (Wildman–Crippen LogP) is 3.89. The van der Waals surface area contributed by atoms with Crippen molar-refractivity contribution in [2.75, 3.05) is 19.8 Å². The van der Waals surface area contributed by atoms with E-state index in [0.29, 0.717) is 23.2 Å². The van der Waals surface area contributed by atoms with Gasteiger partial charge in [-0.15, -0.1) is 0 Å². The maximum Gasteiger partial charge on any atom is 0.268 e. The van der Waals surface area contributed by atoms with Gasteiger partial charge in [-0.3, -0.25) is 14.1 Å². The summed E-state index contributed by atoms with van der Waals surface area (Å²) in [5, 5.41) is 3.34. The molecule has 7 rings (SSSR count). The number of nitrogens with one attached hydrogen (secondary N) is 1. The van der Waals surface area contributed by atoms with Crippen molar-refractivity contribution in [3.63, 3.8) is 0 Å². The monoisotopic (exact) mass is 436 g/mol. The number of carbonyl (C=O) groups excluding carboxylic acids is 1. The van der Waals surface area contributed by atoms with Crippen LogP contribution in [0.5, 0.6) is 0 Å². The van der Waals surface area contributed by atoms with Crippen LogP contribution in [0.4, 0.5) is 0 Å². The summed E-state index contributed by atoms with van der Waals surface area (Å²) >= 11 is 0. The second-order valence-corrected chi connectivity index (χ2v) is 11.4. The first-order valence-electron chi connectivity index (χ1n) is 12.6. The molecule has 5 aliphatic rings. The molecule has 5 fully saturated rings. The van der Waals surface area contributed by atoms with Crippen molar-refractivity contribution < 1.29 is 9.53 Å². The fraction of sp³-hybridized carbons (Fsp3) is 0.692. The molecule has 6 heteroatoms. The number of fused-ring (bicyclic) bond motifs is 1. The average molecular weight is 437 g/mol. The second kappa shape index (κ2) is 7.84. The van der Waals surface area contributed by atoms with E-state index in [9.17, 15) is 4.79 Å². The quantitative estimate of drug-likeness (QED) is 0.773. The summed E-state index contributed by atoms with van der Waals surface area (Å²) in [6.07, 6.45) is 10.3. The topological polar surface area (TPSA) is 58.9 Å². The Morgan fingerprint density at radius 3 is 2.41 bits per heavy atom. The maximum absolute atomic E-state index is 13.3. The Hall–Kier alpha value is -1.92. The molecule has 0 radical (unpaired) electrons. The molecule has 2 atom stereocenters. The number of nitrogens with zero attached hydrogens (tertiary/aromatic N) is 3. The van der Waals surface area contributed by atoms with Gasteiger partial charge in [-0.05, 0) is 87.7 Å². The minimum absolute atomic E-state index is 0.0309. The highest BCUT2D eigenvalue weighted by Crippen LogP contribution is 2.59. The number of pyridine rings is 1. The van der Waals surface area contributed by atoms with Crippen LogP contribution in [0.1, 0.15) is 68.6 Å². The Balaban J connectivity index is 1.18. The first kappa shape index (κ1) is 20.7. The molecule has 32 heavy (non-hydrogen) atoms. The van der Waals surface area contributed by atoms with Crippen molar-refractivity contribution in [1.29, 1.82) is 0 Å². The van der Waals surface area contributed by atoms with E-state index in [1.54, 1.807) is 0 Å². The van der Waals surface area contributed by atoms with Crippen LogP contribution in [0.2, 0.25) is 0 Å². The number of aromatic nitrogens is 2. The Morgan fingerprint density at radius 2 is 1.75 bits per heavy atom. The Morgan fingerprint density at radius 1 is 1.09 bits per heavy atom. The molecule has 3 heterocycles. The highest BCUT2D eigenvalue weighted by atomic mass is 16.5. The van der Waals surface area contributed by atoms with Gasteiger partial charge in [0.25, 0.3) is 5.91 Å². The van der Waals surface area contributed by atoms with E-state index in [-0.39, 0.29) is 5.91 Å². The normalized spacial score (nSPS) is 36.6. The summed E-state index contributed by atoms with van der Waals surface area (Å²) in [5.74, 6) is 2.75. The molecule has 4 bridgehead atoms. The van der Waals surface area contributed by atoms with Crippen LogP contribution in [0.3, 0.4) is 0 Å². The lowest BCUT2D eigenvalue weighted by Gasteiger charge is -2.56. The summed E-state index contributed by atoms with van der Waals surface area (Å²) in [5.41, 5.74) is 2.89. The van der Waals surface area contributed by atoms with E-state index in [2.05, 4.69) is 24.1 Å². The molecule has 2 aromatic heterocycles. The summed E-state index contributed by atoms with van der Waals surface area (Å²) < 4.78 is 7.64. The molecule has 172 valence electrons. The molecule has 4 saturated carbocycles. The fourth-order valence-corrected chi connectivity index (χ4v) is 7.72. The number of amides is 1. The smallest absolute Gasteiger partial charge is 0.268 e. The summed E-state index contributed by atoms with van der Waals surface area (Å²) in [6.45, 7) is 7.53. The fourth-order valence-electron chi connectivity index (χ4n) is 7.72. The highest BCUT2D eigenvalue weighted by molar-refractivity contribution is 5.93. The third-order valence-corrected chi connectivity index (χ3v) is 8.76. The average Bonchev–Trinajstić information content (AvgIpc) is 3.17. The van der Waals surface area contributed by atoms with E-state index >= 15 is 0 Å². The highest BCUT2D eigenvalue weighted by Gasteiger charge is 2.50. The van der Waals surface area contributed by atoms with Gasteiger partial charge in [0.1, 0.15) is 11.3 Å². The SMILES string of the molecule is C[C@@H]1COC[C@H](C)N1Cc1cn2c(C(=O)NCC34CC5CC(CC(C5)C3)C4)cccc2n1. The Kier molecular flexibility index (Phi) is 5.06. The zero-order valence-electron chi connectivity index (χ0n) is 19.4. The van der Waals surface area contributed by atoms with Crippen molar-refractivity contribution in [3.05, 3.63) is 35.8 Å². The molecule has 0 spiro atoms. The number of morpholine rings is 1. The van der Waals surface area contributed by atoms with Gasteiger partial charge in [-0.2, -0.15) is 0 Å². The zero-order valence-corrected chi connectivity index (χ0v) is 19.4. The lowest BCUT2D eigenvalue weighted by Crippen LogP contribution is -2.51. The van der Waals surface area contributed by atoms with Gasteiger partial charge in [0.2, 0.25) is 0 Å². The Labute approximate surface area is 190 Å². The van der Waals surface area contributed by atoms with Crippen molar-refractivity contribution in [2.45, 2.75) is 71.0 Å². The molecule has 1 N–H and O–H groups in total. The Bertz CT molecular complexity index is 969. The molecule has 0 unspecified atom stereocenters. The first-order chi connectivity index (χ1) is 15.5. The van der Waals surface area contributed by atoms with Gasteiger partial charge < -0.3 is 10.1 Å². The van der Waals surface area contributed by atoms with E-state index in [1.807, 2.05) is 28.8 Å². The van der Waals surface area contributed by atoms with Crippen LogP contribution >= 0.6 is 0 Å². The zero-order chi connectivity index (χ0) is 21.9. The molecule has 1 saturated heterocycles. The summed E-state index contributed by atoms with van der Waals surface area (Å²) in [4.78, 5) is 20.5. The van der Waals surface area contributed by atoms with Gasteiger partial charge in [0.05, 0.1) is 18.9 Å². The van der Waals surface area contributed by atoms with Crippen molar-refractivity contribution in [3.8, 4) is 0 Å². The van der Waals surface area contributed by atoms with Crippen molar-refractivity contribution in [1.82, 2.24) is 19.6 Å². The van der Waals surface area contributed by atoms with E-state index in [4.69, 9.17) is 9.72 Å². The lowest BCUT2D eigenvalue weighted by molar-refractivity contribution is -0.0503. The van der Waals surface area contributed by atoms with E-state index in [1.165, 1.54) is 38.5 Å². The lowest BCUT2D eigenvalue weighted by atomic mass is 9.49. The number of imidazole rings is 1. The summed E-state index contributed by atoms with van der Waals surface area (Å²) in [7, 11) is 0. The molecule has 6 nitrogen and oxygen atoms in total. The van der Waals surface area contributed by atoms with Gasteiger partial charge in [0, 0.05) is 31.4 Å². The van der Waals surface area contributed by atoms with Gasteiger partial charge in [0.15, 0.2) is 0 Å². The number of hydrogen-bond acceptors (Lipinski definition) is 4.